The number of aliphatic imine (C=N–C) groups is 1. The van der Waals surface area contributed by atoms with Gasteiger partial charge in [0.05, 0.1) is 0 Å². The number of nitrogens with zero attached hydrogens (tertiary/aromatic N) is 2. The molecule has 0 fully saturated rings. The van der Waals surface area contributed by atoms with Gasteiger partial charge >= 0.3 is 0 Å². The number of halogens is 1. The summed E-state index contributed by atoms with van der Waals surface area (Å²) in [6.07, 6.45) is 1.51. The molecule has 6 nitrogen and oxygen atoms in total. The monoisotopic (exact) mass is 401 g/mol. The Labute approximate surface area is 171 Å². The SMILES string of the molecule is O=C1NN(C(=O)c2ccc(O)cc2)C(c2ccccc2)=N/C1=C\c1ccc(F)cc1. The van der Waals surface area contributed by atoms with E-state index in [-0.39, 0.29) is 28.7 Å². The molecule has 0 aliphatic carbocycles. The maximum absolute atomic E-state index is 13.2. The first-order valence-corrected chi connectivity index (χ1v) is 9.07. The summed E-state index contributed by atoms with van der Waals surface area (Å²) in [6, 6.07) is 20.3. The number of amidine groups is 1. The molecule has 0 bridgehead atoms. The topological polar surface area (TPSA) is 82.0 Å². The van der Waals surface area contributed by atoms with Crippen molar-refractivity contribution in [2.75, 3.05) is 0 Å². The second kappa shape index (κ2) is 8.00. The Morgan fingerprint density at radius 3 is 2.30 bits per heavy atom. The predicted molar refractivity (Wildman–Crippen MR) is 110 cm³/mol. The number of nitrogens with one attached hydrogen (secondary N) is 1. The lowest BCUT2D eigenvalue weighted by molar-refractivity contribution is -0.120. The number of carbonyl (C=O) groups excluding carboxylic acids is 2. The van der Waals surface area contributed by atoms with Crippen LogP contribution in [0.5, 0.6) is 5.75 Å². The summed E-state index contributed by atoms with van der Waals surface area (Å²) < 4.78 is 13.2. The van der Waals surface area contributed by atoms with Crippen LogP contribution in [0.4, 0.5) is 4.39 Å². The molecule has 2 N–H and O–H groups in total. The van der Waals surface area contributed by atoms with Gasteiger partial charge in [0.1, 0.15) is 17.3 Å². The third-order valence-corrected chi connectivity index (χ3v) is 4.41. The molecule has 2 amide bonds. The van der Waals surface area contributed by atoms with Gasteiger partial charge in [-0.05, 0) is 48.0 Å². The molecular formula is C23H16FN3O3. The van der Waals surface area contributed by atoms with Gasteiger partial charge in [0.2, 0.25) is 0 Å². The smallest absolute Gasteiger partial charge is 0.288 e. The Hall–Kier alpha value is -4.26. The van der Waals surface area contributed by atoms with Gasteiger partial charge in [0.25, 0.3) is 11.8 Å². The van der Waals surface area contributed by atoms with Gasteiger partial charge in [-0.2, -0.15) is 5.01 Å². The lowest BCUT2D eigenvalue weighted by Gasteiger charge is -2.28. The van der Waals surface area contributed by atoms with E-state index in [0.29, 0.717) is 11.1 Å². The van der Waals surface area contributed by atoms with Crippen LogP contribution in [-0.4, -0.2) is 27.8 Å². The Kier molecular flexibility index (Phi) is 5.09. The van der Waals surface area contributed by atoms with Crippen LogP contribution in [0.25, 0.3) is 6.08 Å². The van der Waals surface area contributed by atoms with Crippen LogP contribution in [0.15, 0.2) is 89.6 Å². The van der Waals surface area contributed by atoms with Crippen LogP contribution in [0.2, 0.25) is 0 Å². The summed E-state index contributed by atoms with van der Waals surface area (Å²) in [4.78, 5) is 30.1. The van der Waals surface area contributed by atoms with Crippen LogP contribution < -0.4 is 5.43 Å². The lowest BCUT2D eigenvalue weighted by atomic mass is 10.1. The summed E-state index contributed by atoms with van der Waals surface area (Å²) in [5, 5.41) is 10.5. The molecule has 0 spiro atoms. The van der Waals surface area contributed by atoms with Gasteiger partial charge in [-0.15, -0.1) is 0 Å². The van der Waals surface area contributed by atoms with Crippen LogP contribution in [0.1, 0.15) is 21.5 Å². The van der Waals surface area contributed by atoms with Gasteiger partial charge in [-0.25, -0.2) is 9.38 Å². The first kappa shape index (κ1) is 19.1. The molecule has 0 aromatic heterocycles. The number of hydrogen-bond donors (Lipinski definition) is 2. The molecular weight excluding hydrogens is 385 g/mol. The first-order valence-electron chi connectivity index (χ1n) is 9.07. The second-order valence-corrected chi connectivity index (χ2v) is 6.51. The van der Waals surface area contributed by atoms with Crippen molar-refractivity contribution < 1.29 is 19.1 Å². The van der Waals surface area contributed by atoms with Crippen molar-refractivity contribution in [3.05, 3.63) is 107 Å². The molecule has 3 aromatic rings. The third kappa shape index (κ3) is 3.95. The number of hydrazine groups is 1. The molecule has 1 heterocycles. The van der Waals surface area contributed by atoms with Crippen molar-refractivity contribution in [1.29, 1.82) is 0 Å². The van der Waals surface area contributed by atoms with E-state index in [1.54, 1.807) is 24.3 Å². The fraction of sp³-hybridized carbons (Fsp3) is 0. The predicted octanol–water partition coefficient (Wildman–Crippen LogP) is 3.51. The molecule has 1 aliphatic rings. The van der Waals surface area contributed by atoms with Crippen molar-refractivity contribution in [3.63, 3.8) is 0 Å². The van der Waals surface area contributed by atoms with E-state index < -0.39 is 11.8 Å². The molecule has 0 radical (unpaired) electrons. The molecule has 30 heavy (non-hydrogen) atoms. The van der Waals surface area contributed by atoms with Gasteiger partial charge < -0.3 is 5.11 Å². The fourth-order valence-electron chi connectivity index (χ4n) is 2.90. The highest BCUT2D eigenvalue weighted by molar-refractivity contribution is 6.18. The highest BCUT2D eigenvalue weighted by Crippen LogP contribution is 2.19. The normalized spacial score (nSPS) is 15.0. The van der Waals surface area contributed by atoms with E-state index in [4.69, 9.17) is 0 Å². The van der Waals surface area contributed by atoms with Gasteiger partial charge in [0, 0.05) is 11.1 Å². The van der Waals surface area contributed by atoms with E-state index in [9.17, 15) is 19.1 Å². The molecule has 7 heteroatoms. The Morgan fingerprint density at radius 1 is 0.967 bits per heavy atom. The first-order chi connectivity index (χ1) is 14.5. The van der Waals surface area contributed by atoms with E-state index in [1.807, 2.05) is 6.07 Å². The summed E-state index contributed by atoms with van der Waals surface area (Å²) in [6.45, 7) is 0. The lowest BCUT2D eigenvalue weighted by Crippen LogP contribution is -2.53. The molecule has 0 unspecified atom stereocenters. The average Bonchev–Trinajstić information content (AvgIpc) is 2.77. The fourth-order valence-corrected chi connectivity index (χ4v) is 2.90. The molecule has 0 saturated carbocycles. The minimum Gasteiger partial charge on any atom is -0.508 e. The molecule has 1 aliphatic heterocycles. The molecule has 0 saturated heterocycles. The minimum absolute atomic E-state index is 0.0238. The van der Waals surface area contributed by atoms with Crippen LogP contribution in [0.3, 0.4) is 0 Å². The summed E-state index contributed by atoms with van der Waals surface area (Å²) in [5.41, 5.74) is 4.13. The van der Waals surface area contributed by atoms with Crippen molar-refractivity contribution in [2.24, 2.45) is 4.99 Å². The van der Waals surface area contributed by atoms with E-state index in [0.717, 1.165) is 5.01 Å². The third-order valence-electron chi connectivity index (χ3n) is 4.41. The van der Waals surface area contributed by atoms with E-state index >= 15 is 0 Å². The zero-order valence-corrected chi connectivity index (χ0v) is 15.6. The van der Waals surface area contributed by atoms with Crippen LogP contribution in [0, 0.1) is 5.82 Å². The van der Waals surface area contributed by atoms with Gasteiger partial charge in [0.15, 0.2) is 5.84 Å². The van der Waals surface area contributed by atoms with Gasteiger partial charge in [-0.3, -0.25) is 15.0 Å². The van der Waals surface area contributed by atoms with Gasteiger partial charge in [-0.1, -0.05) is 42.5 Å². The Balaban J connectivity index is 1.77. The van der Waals surface area contributed by atoms with Crippen LogP contribution >= 0.6 is 0 Å². The van der Waals surface area contributed by atoms with Crippen LogP contribution in [-0.2, 0) is 4.79 Å². The number of benzene rings is 3. The molecule has 0 atom stereocenters. The number of aromatic hydroxyl groups is 1. The number of hydrogen-bond acceptors (Lipinski definition) is 4. The largest absolute Gasteiger partial charge is 0.508 e. The van der Waals surface area contributed by atoms with Crippen molar-refractivity contribution >= 4 is 23.7 Å². The summed E-state index contributed by atoms with van der Waals surface area (Å²) in [5.74, 6) is -1.21. The number of rotatable bonds is 3. The van der Waals surface area contributed by atoms with Crippen molar-refractivity contribution in [1.82, 2.24) is 10.4 Å². The maximum atomic E-state index is 13.2. The minimum atomic E-state index is -0.578. The second-order valence-electron chi connectivity index (χ2n) is 6.51. The van der Waals surface area contributed by atoms with Crippen molar-refractivity contribution in [2.45, 2.75) is 0 Å². The van der Waals surface area contributed by atoms with E-state index in [1.165, 1.54) is 54.6 Å². The maximum Gasteiger partial charge on any atom is 0.288 e. The quantitative estimate of drug-likeness (QED) is 0.659. The number of amides is 2. The molecule has 148 valence electrons. The van der Waals surface area contributed by atoms with Crippen molar-refractivity contribution in [3.8, 4) is 5.75 Å². The average molecular weight is 401 g/mol. The molecule has 4 rings (SSSR count). The number of phenolic OH excluding ortho intramolecular Hbond substituents is 1. The standard InChI is InChI=1S/C23H16FN3O3/c24-18-10-6-15(7-11-18)14-20-22(29)26-27(21(25-20)16-4-2-1-3-5-16)23(30)17-8-12-19(28)13-9-17/h1-14,28H,(H,26,29)/b20-14-. The number of carbonyl (C=O) groups is 2. The number of phenols is 1. The van der Waals surface area contributed by atoms with E-state index in [2.05, 4.69) is 10.4 Å². The highest BCUT2D eigenvalue weighted by Gasteiger charge is 2.30. The molecule has 3 aromatic carbocycles. The Bertz CT molecular complexity index is 1150. The zero-order chi connectivity index (χ0) is 21.1. The summed E-state index contributed by atoms with van der Waals surface area (Å²) in [7, 11) is 0. The summed E-state index contributed by atoms with van der Waals surface area (Å²) >= 11 is 0. The Morgan fingerprint density at radius 2 is 1.63 bits per heavy atom. The highest BCUT2D eigenvalue weighted by atomic mass is 19.1. The zero-order valence-electron chi connectivity index (χ0n) is 15.6.